The largest absolute Gasteiger partial charge is 0.486 e. The van der Waals surface area contributed by atoms with Crippen molar-refractivity contribution in [2.24, 2.45) is 0 Å². The Kier molecular flexibility index (Phi) is 7.35. The molecule has 1 aliphatic rings. The fraction of sp³-hybridized carbons (Fsp3) is 0.350. The molecule has 144 valence electrons. The van der Waals surface area contributed by atoms with Gasteiger partial charge < -0.3 is 19.9 Å². The van der Waals surface area contributed by atoms with Gasteiger partial charge in [0.05, 0.1) is 15.7 Å². The molecule has 0 bridgehead atoms. The first kappa shape index (κ1) is 20.0. The number of hydrogen-bond acceptors (Lipinski definition) is 2. The van der Waals surface area contributed by atoms with Gasteiger partial charge in [0.15, 0.2) is 6.54 Å². The zero-order valence-electron chi connectivity index (χ0n) is 15.1. The summed E-state index contributed by atoms with van der Waals surface area (Å²) < 4.78 is 5.77. The lowest BCUT2D eigenvalue weighted by molar-refractivity contribution is -1.01. The highest BCUT2D eigenvalue weighted by molar-refractivity contribution is 6.33. The molecule has 1 aliphatic heterocycles. The number of rotatable bonds is 7. The van der Waals surface area contributed by atoms with Gasteiger partial charge in [-0.05, 0) is 24.3 Å². The Morgan fingerprint density at radius 3 is 2.26 bits per heavy atom. The molecule has 0 saturated carbocycles. The molecule has 1 amide bonds. The number of ether oxygens (including phenoxy) is 1. The number of anilines is 1. The molecule has 0 aromatic heterocycles. The van der Waals surface area contributed by atoms with E-state index in [1.807, 2.05) is 42.5 Å². The van der Waals surface area contributed by atoms with E-state index in [4.69, 9.17) is 27.9 Å². The van der Waals surface area contributed by atoms with Crippen molar-refractivity contribution >= 4 is 34.8 Å². The van der Waals surface area contributed by atoms with Gasteiger partial charge in [-0.15, -0.1) is 0 Å². The van der Waals surface area contributed by atoms with Crippen LogP contribution in [-0.2, 0) is 4.79 Å². The summed E-state index contributed by atoms with van der Waals surface area (Å²) in [6.45, 7) is 6.04. The fourth-order valence-corrected chi connectivity index (χ4v) is 3.61. The van der Waals surface area contributed by atoms with Crippen LogP contribution in [0.3, 0.4) is 0 Å². The molecule has 0 aliphatic carbocycles. The van der Waals surface area contributed by atoms with Crippen molar-refractivity contribution in [2.45, 2.75) is 0 Å². The standard InChI is InChI=1S/C20H23Cl2N3O2/c21-16-5-1-3-7-18(16)23-20(26)15-25-11-9-24(10-12-25)13-14-27-19-8-4-2-6-17(19)22/h1-8H,9-15H2,(H,23,26)/p+2. The first-order valence-corrected chi connectivity index (χ1v) is 9.96. The Hall–Kier alpha value is -1.79. The fourth-order valence-electron chi connectivity index (χ4n) is 3.24. The van der Waals surface area contributed by atoms with Gasteiger partial charge in [0, 0.05) is 0 Å². The molecule has 27 heavy (non-hydrogen) atoms. The van der Waals surface area contributed by atoms with Crippen molar-refractivity contribution < 1.29 is 19.3 Å². The number of amides is 1. The van der Waals surface area contributed by atoms with Gasteiger partial charge in [0.2, 0.25) is 0 Å². The molecule has 2 aromatic rings. The second-order valence-corrected chi connectivity index (χ2v) is 7.55. The maximum atomic E-state index is 12.2. The number of benzene rings is 2. The van der Waals surface area contributed by atoms with E-state index < -0.39 is 0 Å². The monoisotopic (exact) mass is 409 g/mol. The van der Waals surface area contributed by atoms with Gasteiger partial charge in [0.1, 0.15) is 45.1 Å². The zero-order valence-corrected chi connectivity index (χ0v) is 16.7. The topological polar surface area (TPSA) is 47.2 Å². The van der Waals surface area contributed by atoms with Crippen molar-refractivity contribution in [3.8, 4) is 5.75 Å². The highest BCUT2D eigenvalue weighted by atomic mass is 35.5. The first-order chi connectivity index (χ1) is 13.1. The van der Waals surface area contributed by atoms with Gasteiger partial charge in [-0.1, -0.05) is 47.5 Å². The number of hydrogen-bond donors (Lipinski definition) is 3. The van der Waals surface area contributed by atoms with E-state index in [2.05, 4.69) is 5.32 Å². The lowest BCUT2D eigenvalue weighted by Crippen LogP contribution is -3.28. The highest BCUT2D eigenvalue weighted by Gasteiger charge is 2.24. The smallest absolute Gasteiger partial charge is 0.279 e. The van der Waals surface area contributed by atoms with Crippen LogP contribution in [-0.4, -0.2) is 51.8 Å². The van der Waals surface area contributed by atoms with Crippen molar-refractivity contribution in [3.05, 3.63) is 58.6 Å². The van der Waals surface area contributed by atoms with Crippen LogP contribution in [0.5, 0.6) is 5.75 Å². The van der Waals surface area contributed by atoms with Crippen LogP contribution in [0.25, 0.3) is 0 Å². The van der Waals surface area contributed by atoms with E-state index in [1.165, 1.54) is 9.80 Å². The van der Waals surface area contributed by atoms with Crippen LogP contribution in [0.15, 0.2) is 48.5 Å². The van der Waals surface area contributed by atoms with Crippen LogP contribution in [0.2, 0.25) is 10.0 Å². The molecular weight excluding hydrogens is 385 g/mol. The van der Waals surface area contributed by atoms with E-state index in [9.17, 15) is 4.79 Å². The summed E-state index contributed by atoms with van der Waals surface area (Å²) in [5.74, 6) is 0.739. The zero-order chi connectivity index (χ0) is 19.1. The summed E-state index contributed by atoms with van der Waals surface area (Å²) in [6.07, 6.45) is 0. The van der Waals surface area contributed by atoms with Gasteiger partial charge in [0.25, 0.3) is 5.91 Å². The van der Waals surface area contributed by atoms with Crippen LogP contribution in [0, 0.1) is 0 Å². The summed E-state index contributed by atoms with van der Waals surface area (Å²) in [7, 11) is 0. The Morgan fingerprint density at radius 2 is 1.56 bits per heavy atom. The average molecular weight is 410 g/mol. The maximum Gasteiger partial charge on any atom is 0.279 e. The summed E-state index contributed by atoms with van der Waals surface area (Å²) in [4.78, 5) is 15.0. The Morgan fingerprint density at radius 1 is 0.926 bits per heavy atom. The SMILES string of the molecule is O=C(C[NH+]1CC[NH+](CCOc2ccccc2Cl)CC1)Nc1ccccc1Cl. The molecule has 2 aromatic carbocycles. The molecule has 1 heterocycles. The molecule has 0 atom stereocenters. The lowest BCUT2D eigenvalue weighted by atomic mass is 10.3. The quantitative estimate of drug-likeness (QED) is 0.633. The highest BCUT2D eigenvalue weighted by Crippen LogP contribution is 2.22. The number of nitrogens with one attached hydrogen (secondary N) is 3. The van der Waals surface area contributed by atoms with Crippen LogP contribution in [0.1, 0.15) is 0 Å². The van der Waals surface area contributed by atoms with Crippen molar-refractivity contribution in [2.75, 3.05) is 51.2 Å². The third-order valence-corrected chi connectivity index (χ3v) is 5.41. The molecule has 0 radical (unpaired) electrons. The molecule has 7 heteroatoms. The Balaban J connectivity index is 1.36. The van der Waals surface area contributed by atoms with Crippen LogP contribution < -0.4 is 19.9 Å². The van der Waals surface area contributed by atoms with Crippen LogP contribution in [0.4, 0.5) is 5.69 Å². The number of para-hydroxylation sites is 2. The Labute approximate surface area is 169 Å². The predicted octanol–water partition coefficient (Wildman–Crippen LogP) is 0.794. The minimum atomic E-state index is 0.00334. The molecule has 3 rings (SSSR count). The maximum absolute atomic E-state index is 12.2. The molecule has 1 saturated heterocycles. The van der Waals surface area contributed by atoms with E-state index in [0.29, 0.717) is 28.9 Å². The van der Waals surface area contributed by atoms with Crippen molar-refractivity contribution in [3.63, 3.8) is 0 Å². The van der Waals surface area contributed by atoms with Gasteiger partial charge in [-0.2, -0.15) is 0 Å². The summed E-state index contributed by atoms with van der Waals surface area (Å²) in [5, 5.41) is 4.10. The molecule has 5 nitrogen and oxygen atoms in total. The van der Waals surface area contributed by atoms with Crippen molar-refractivity contribution in [1.82, 2.24) is 0 Å². The molecule has 1 fully saturated rings. The lowest BCUT2D eigenvalue weighted by Gasteiger charge is -2.29. The minimum absolute atomic E-state index is 0.00334. The third-order valence-electron chi connectivity index (χ3n) is 4.77. The third kappa shape index (κ3) is 6.11. The molecule has 3 N–H and O–H groups in total. The second kappa shape index (κ2) is 9.95. The molecular formula is C20H25Cl2N3O2+2. The van der Waals surface area contributed by atoms with E-state index in [1.54, 1.807) is 6.07 Å². The summed E-state index contributed by atoms with van der Waals surface area (Å²) in [6, 6.07) is 14.8. The number of piperazine rings is 1. The number of carbonyl (C=O) groups is 1. The molecule has 0 unspecified atom stereocenters. The van der Waals surface area contributed by atoms with Gasteiger partial charge in [-0.25, -0.2) is 0 Å². The second-order valence-electron chi connectivity index (χ2n) is 6.73. The first-order valence-electron chi connectivity index (χ1n) is 9.20. The number of halogens is 2. The summed E-state index contributed by atoms with van der Waals surface area (Å²) in [5.41, 5.74) is 0.671. The average Bonchev–Trinajstić information content (AvgIpc) is 2.66. The van der Waals surface area contributed by atoms with Crippen LogP contribution >= 0.6 is 23.2 Å². The summed E-state index contributed by atoms with van der Waals surface area (Å²) >= 11 is 12.2. The number of quaternary nitrogens is 2. The predicted molar refractivity (Wildman–Crippen MR) is 108 cm³/mol. The normalized spacial score (nSPS) is 19.5. The minimum Gasteiger partial charge on any atom is -0.486 e. The van der Waals surface area contributed by atoms with Gasteiger partial charge >= 0.3 is 0 Å². The van der Waals surface area contributed by atoms with E-state index in [0.717, 1.165) is 38.5 Å². The Bertz CT molecular complexity index is 764. The van der Waals surface area contributed by atoms with Crippen molar-refractivity contribution in [1.29, 1.82) is 0 Å². The van der Waals surface area contributed by atoms with E-state index >= 15 is 0 Å². The van der Waals surface area contributed by atoms with Gasteiger partial charge in [-0.3, -0.25) is 4.79 Å². The van der Waals surface area contributed by atoms with E-state index in [-0.39, 0.29) is 5.91 Å². The molecule has 0 spiro atoms. The number of carbonyl (C=O) groups excluding carboxylic acids is 1.